The van der Waals surface area contributed by atoms with Gasteiger partial charge in [-0.15, -0.1) is 0 Å². The lowest BCUT2D eigenvalue weighted by atomic mass is 10.1. The summed E-state index contributed by atoms with van der Waals surface area (Å²) in [4.78, 5) is 35.7. The van der Waals surface area contributed by atoms with E-state index in [0.29, 0.717) is 22.8 Å². The summed E-state index contributed by atoms with van der Waals surface area (Å²) in [6.45, 7) is -0.364. The number of fused-ring (bicyclic) bond motifs is 1. The van der Waals surface area contributed by atoms with Gasteiger partial charge in [0, 0.05) is 11.8 Å². The maximum absolute atomic E-state index is 12.6. The summed E-state index contributed by atoms with van der Waals surface area (Å²) in [5.41, 5.74) is 1.14. The molecule has 9 heteroatoms. The van der Waals surface area contributed by atoms with Crippen LogP contribution in [-0.2, 0) is 9.59 Å². The third-order valence-electron chi connectivity index (χ3n) is 4.37. The van der Waals surface area contributed by atoms with Crippen molar-refractivity contribution in [2.75, 3.05) is 25.7 Å². The molecule has 0 spiro atoms. The number of carbonyl (C=O) groups excluding carboxylic acids is 2. The lowest BCUT2D eigenvalue weighted by Gasteiger charge is -2.13. The van der Waals surface area contributed by atoms with Crippen molar-refractivity contribution in [3.8, 4) is 17.2 Å². The van der Waals surface area contributed by atoms with Crippen molar-refractivity contribution in [1.82, 2.24) is 5.32 Å². The first-order valence-electron chi connectivity index (χ1n) is 9.27. The molecule has 1 unspecified atom stereocenters. The Morgan fingerprint density at radius 2 is 2.03 bits per heavy atom. The van der Waals surface area contributed by atoms with E-state index in [0.717, 1.165) is 5.56 Å². The van der Waals surface area contributed by atoms with Crippen LogP contribution >= 0.6 is 11.8 Å². The fourth-order valence-corrected chi connectivity index (χ4v) is 3.43. The summed E-state index contributed by atoms with van der Waals surface area (Å²) in [5.74, 6) is -0.209. The molecule has 1 aliphatic heterocycles. The van der Waals surface area contributed by atoms with E-state index < -0.39 is 17.9 Å². The fourth-order valence-electron chi connectivity index (χ4n) is 2.87. The van der Waals surface area contributed by atoms with Crippen LogP contribution in [0.25, 0.3) is 6.08 Å². The van der Waals surface area contributed by atoms with E-state index in [-0.39, 0.29) is 23.9 Å². The quantitative estimate of drug-likeness (QED) is 0.569. The number of carboxylic acids is 1. The molecule has 0 radical (unpaired) electrons. The minimum absolute atomic E-state index is 0.166. The molecule has 162 valence electrons. The smallest absolute Gasteiger partial charge is 0.327 e. The predicted molar refractivity (Wildman–Crippen MR) is 116 cm³/mol. The number of allylic oxidation sites excluding steroid dienone is 1. The first kappa shape index (κ1) is 22.2. The largest absolute Gasteiger partial charge is 0.497 e. The van der Waals surface area contributed by atoms with Gasteiger partial charge >= 0.3 is 5.97 Å². The Balaban J connectivity index is 1.65. The number of benzene rings is 2. The van der Waals surface area contributed by atoms with Crippen molar-refractivity contribution in [3.63, 3.8) is 0 Å². The molecule has 0 saturated heterocycles. The molecule has 0 bridgehead atoms. The first-order chi connectivity index (χ1) is 14.9. The molecule has 3 rings (SSSR count). The zero-order chi connectivity index (χ0) is 22.4. The summed E-state index contributed by atoms with van der Waals surface area (Å²) < 4.78 is 16.3. The monoisotopic (exact) mass is 443 g/mol. The van der Waals surface area contributed by atoms with Gasteiger partial charge in [0.1, 0.15) is 23.3 Å². The normalized spacial score (nSPS) is 14.5. The summed E-state index contributed by atoms with van der Waals surface area (Å²) in [6.07, 6.45) is 3.37. The molecule has 0 aromatic heterocycles. The van der Waals surface area contributed by atoms with Crippen LogP contribution in [0.15, 0.2) is 48.2 Å². The van der Waals surface area contributed by atoms with E-state index in [9.17, 15) is 14.4 Å². The molecule has 1 amide bonds. The molecule has 2 aromatic rings. The van der Waals surface area contributed by atoms with Crippen molar-refractivity contribution in [2.24, 2.45) is 0 Å². The number of amides is 1. The third-order valence-corrected chi connectivity index (χ3v) is 5.04. The van der Waals surface area contributed by atoms with Gasteiger partial charge in [-0.3, -0.25) is 9.59 Å². The fraction of sp³-hybridized carbons (Fsp3) is 0.227. The van der Waals surface area contributed by atoms with Crippen molar-refractivity contribution in [1.29, 1.82) is 0 Å². The predicted octanol–water partition coefficient (Wildman–Crippen LogP) is 2.62. The van der Waals surface area contributed by atoms with Crippen molar-refractivity contribution in [2.45, 2.75) is 6.04 Å². The van der Waals surface area contributed by atoms with E-state index in [1.165, 1.54) is 17.8 Å². The molecule has 0 fully saturated rings. The molecule has 0 aliphatic carbocycles. The van der Waals surface area contributed by atoms with Gasteiger partial charge in [0.25, 0.3) is 5.91 Å². The van der Waals surface area contributed by atoms with E-state index in [1.54, 1.807) is 43.7 Å². The molecule has 1 aliphatic rings. The van der Waals surface area contributed by atoms with Crippen LogP contribution in [0.5, 0.6) is 17.2 Å². The summed E-state index contributed by atoms with van der Waals surface area (Å²) in [5, 5.41) is 11.5. The maximum atomic E-state index is 12.6. The number of ketones is 1. The minimum Gasteiger partial charge on any atom is -0.497 e. The Bertz CT molecular complexity index is 1030. The van der Waals surface area contributed by atoms with Crippen LogP contribution in [0, 0.1) is 0 Å². The van der Waals surface area contributed by atoms with Crippen LogP contribution in [0.3, 0.4) is 0 Å². The second kappa shape index (κ2) is 10.0. The Hall–Kier alpha value is -3.46. The van der Waals surface area contributed by atoms with Crippen LogP contribution in [0.1, 0.15) is 15.9 Å². The number of methoxy groups -OCH3 is 1. The summed E-state index contributed by atoms with van der Waals surface area (Å²) >= 11 is 1.31. The Kier molecular flexibility index (Phi) is 7.19. The summed E-state index contributed by atoms with van der Waals surface area (Å²) in [6, 6.07) is 10.9. The molecule has 1 heterocycles. The molecule has 1 atom stereocenters. The van der Waals surface area contributed by atoms with Crippen LogP contribution < -0.4 is 19.5 Å². The van der Waals surface area contributed by atoms with Crippen LogP contribution in [-0.4, -0.2) is 54.5 Å². The standard InChI is InChI=1S/C22H21NO7S/c1-28-14-5-3-4-13(8-14)9-19-21(25)16-7-6-15(10-18(16)30-19)29-11-20(24)23-17(12-31-2)22(26)27/h3-10,17H,11-12H2,1-2H3,(H,23,24)(H,26,27). The highest BCUT2D eigenvalue weighted by atomic mass is 32.2. The molecule has 8 nitrogen and oxygen atoms in total. The van der Waals surface area contributed by atoms with E-state index in [1.807, 2.05) is 12.1 Å². The molecule has 2 N–H and O–H groups in total. The number of carboxylic acid groups (broad SMARTS) is 1. The summed E-state index contributed by atoms with van der Waals surface area (Å²) in [7, 11) is 1.56. The lowest BCUT2D eigenvalue weighted by molar-refractivity contribution is -0.141. The zero-order valence-electron chi connectivity index (χ0n) is 16.9. The number of rotatable bonds is 9. The number of thioether (sulfide) groups is 1. The lowest BCUT2D eigenvalue weighted by Crippen LogP contribution is -2.44. The van der Waals surface area contributed by atoms with Crippen molar-refractivity contribution < 1.29 is 33.7 Å². The second-order valence-electron chi connectivity index (χ2n) is 6.58. The van der Waals surface area contributed by atoms with Gasteiger partial charge in [-0.1, -0.05) is 12.1 Å². The van der Waals surface area contributed by atoms with E-state index in [4.69, 9.17) is 19.3 Å². The number of Topliss-reactive ketones (excluding diaryl/α,β-unsaturated/α-hetero) is 1. The third kappa shape index (κ3) is 5.58. The van der Waals surface area contributed by atoms with Gasteiger partial charge in [0.05, 0.1) is 12.7 Å². The Morgan fingerprint density at radius 3 is 2.74 bits per heavy atom. The molecule has 0 saturated carbocycles. The van der Waals surface area contributed by atoms with Crippen molar-refractivity contribution >= 4 is 35.5 Å². The van der Waals surface area contributed by atoms with Crippen molar-refractivity contribution in [3.05, 3.63) is 59.4 Å². The highest BCUT2D eigenvalue weighted by Crippen LogP contribution is 2.35. The minimum atomic E-state index is -1.11. The van der Waals surface area contributed by atoms with E-state index >= 15 is 0 Å². The number of ether oxygens (including phenoxy) is 3. The van der Waals surface area contributed by atoms with Gasteiger partial charge in [0.2, 0.25) is 5.78 Å². The maximum Gasteiger partial charge on any atom is 0.327 e. The van der Waals surface area contributed by atoms with Gasteiger partial charge in [0.15, 0.2) is 12.4 Å². The Labute approximate surface area is 183 Å². The molecular formula is C22H21NO7S. The highest BCUT2D eigenvalue weighted by molar-refractivity contribution is 7.98. The SMILES string of the molecule is COc1cccc(C=C2Oc3cc(OCC(=O)NC(CSC)C(=O)O)ccc3C2=O)c1. The second-order valence-corrected chi connectivity index (χ2v) is 7.49. The number of hydrogen-bond acceptors (Lipinski definition) is 7. The van der Waals surface area contributed by atoms with E-state index in [2.05, 4.69) is 5.32 Å². The van der Waals surface area contributed by atoms with Crippen LogP contribution in [0.4, 0.5) is 0 Å². The average molecular weight is 443 g/mol. The zero-order valence-corrected chi connectivity index (χ0v) is 17.7. The average Bonchev–Trinajstić information content (AvgIpc) is 3.06. The first-order valence-corrected chi connectivity index (χ1v) is 10.7. The number of nitrogens with one attached hydrogen (secondary N) is 1. The Morgan fingerprint density at radius 1 is 1.23 bits per heavy atom. The molecule has 2 aromatic carbocycles. The molecular weight excluding hydrogens is 422 g/mol. The molecule has 31 heavy (non-hydrogen) atoms. The van der Waals surface area contributed by atoms with Gasteiger partial charge < -0.3 is 24.6 Å². The van der Waals surface area contributed by atoms with Crippen LogP contribution in [0.2, 0.25) is 0 Å². The highest BCUT2D eigenvalue weighted by Gasteiger charge is 2.28. The van der Waals surface area contributed by atoms with Gasteiger partial charge in [-0.05, 0) is 42.2 Å². The number of carbonyl (C=O) groups is 3. The number of hydrogen-bond donors (Lipinski definition) is 2. The number of aliphatic carboxylic acids is 1. The topological polar surface area (TPSA) is 111 Å². The van der Waals surface area contributed by atoms with Gasteiger partial charge in [-0.25, -0.2) is 4.79 Å². The van der Waals surface area contributed by atoms with Gasteiger partial charge in [-0.2, -0.15) is 11.8 Å².